The molecule has 2 fully saturated rings. The molecular weight excluding hydrogens is 288 g/mol. The lowest BCUT2D eigenvalue weighted by Crippen LogP contribution is -2.42. The van der Waals surface area contributed by atoms with E-state index >= 15 is 0 Å². The highest BCUT2D eigenvalue weighted by Crippen LogP contribution is 2.42. The Labute approximate surface area is 117 Å². The summed E-state index contributed by atoms with van der Waals surface area (Å²) in [5.41, 5.74) is -0.00321. The van der Waals surface area contributed by atoms with Crippen molar-refractivity contribution >= 4 is 35.5 Å². The molecule has 100 valence electrons. The van der Waals surface area contributed by atoms with Gasteiger partial charge in [-0.15, -0.1) is 23.5 Å². The van der Waals surface area contributed by atoms with Crippen molar-refractivity contribution in [2.24, 2.45) is 0 Å². The highest BCUT2D eigenvalue weighted by atomic mass is 32.2. The Morgan fingerprint density at radius 3 is 2.32 bits per heavy atom. The molecule has 2 saturated heterocycles. The van der Waals surface area contributed by atoms with Gasteiger partial charge in [-0.25, -0.2) is 9.59 Å². The van der Waals surface area contributed by atoms with E-state index in [0.29, 0.717) is 4.24 Å². The largest absolute Gasteiger partial charge is 0.461 e. The lowest BCUT2D eigenvalue weighted by Gasteiger charge is -2.31. The van der Waals surface area contributed by atoms with Crippen molar-refractivity contribution < 1.29 is 23.5 Å². The monoisotopic (exact) mass is 298 g/mol. The van der Waals surface area contributed by atoms with Crippen LogP contribution in [0.5, 0.6) is 0 Å². The van der Waals surface area contributed by atoms with Crippen LogP contribution in [0.4, 0.5) is 0 Å². The molecule has 1 aromatic heterocycles. The first-order valence-electron chi connectivity index (χ1n) is 5.61. The fourth-order valence-electron chi connectivity index (χ4n) is 1.82. The lowest BCUT2D eigenvalue weighted by atomic mass is 10.2. The van der Waals surface area contributed by atoms with Gasteiger partial charge in [0, 0.05) is 18.4 Å². The third-order valence-corrected chi connectivity index (χ3v) is 5.42. The van der Waals surface area contributed by atoms with Crippen molar-refractivity contribution in [2.45, 2.75) is 12.7 Å². The van der Waals surface area contributed by atoms with Gasteiger partial charge in [0.25, 0.3) is 0 Å². The number of hydrogen-bond donors (Lipinski definition) is 0. The normalized spacial score (nSPS) is 27.4. The number of carbonyl (C=O) groups excluding carboxylic acids is 2. The molecular formula is C12H10O5S2. The quantitative estimate of drug-likeness (QED) is 0.447. The van der Waals surface area contributed by atoms with Crippen LogP contribution in [-0.4, -0.2) is 23.4 Å². The number of rotatable bonds is 1. The van der Waals surface area contributed by atoms with Crippen LogP contribution < -0.4 is 0 Å². The van der Waals surface area contributed by atoms with Gasteiger partial charge in [-0.3, -0.25) is 0 Å². The maximum Gasteiger partial charge on any atom is 0.350 e. The molecule has 3 heterocycles. The summed E-state index contributed by atoms with van der Waals surface area (Å²) in [6.45, 7) is 1.48. The molecule has 0 saturated carbocycles. The number of cyclic esters (lactones) is 2. The minimum Gasteiger partial charge on any atom is -0.461 e. The van der Waals surface area contributed by atoms with Crippen molar-refractivity contribution in [1.82, 2.24) is 0 Å². The van der Waals surface area contributed by atoms with Gasteiger partial charge in [-0.1, -0.05) is 0 Å². The molecule has 2 aliphatic heterocycles. The standard InChI is InChI=1S/C12H10O5S2/c1-12(7-3-2-4-15-7)16-9(13)8(10(14)17-12)11-18-5-6-19-11/h2-4H,5-6H2,1H3. The van der Waals surface area contributed by atoms with Crippen molar-refractivity contribution in [3.8, 4) is 0 Å². The van der Waals surface area contributed by atoms with E-state index in [1.807, 2.05) is 0 Å². The SMILES string of the molecule is CC1(c2ccco2)OC(=O)C(=C2SCCS2)C(=O)O1. The van der Waals surface area contributed by atoms with E-state index in [0.717, 1.165) is 11.5 Å². The minimum absolute atomic E-state index is 0.00321. The van der Waals surface area contributed by atoms with E-state index in [2.05, 4.69) is 0 Å². The van der Waals surface area contributed by atoms with Gasteiger partial charge < -0.3 is 13.9 Å². The van der Waals surface area contributed by atoms with Crippen LogP contribution in [0.2, 0.25) is 0 Å². The first-order chi connectivity index (χ1) is 9.10. The predicted molar refractivity (Wildman–Crippen MR) is 70.2 cm³/mol. The van der Waals surface area contributed by atoms with Crippen molar-refractivity contribution in [1.29, 1.82) is 0 Å². The Balaban J connectivity index is 1.93. The van der Waals surface area contributed by atoms with E-state index in [4.69, 9.17) is 13.9 Å². The summed E-state index contributed by atoms with van der Waals surface area (Å²) >= 11 is 2.94. The first kappa shape index (κ1) is 12.7. The number of carbonyl (C=O) groups is 2. The highest BCUT2D eigenvalue weighted by Gasteiger charge is 2.47. The molecule has 0 aromatic carbocycles. The lowest BCUT2D eigenvalue weighted by molar-refractivity contribution is -0.239. The van der Waals surface area contributed by atoms with Gasteiger partial charge in [0.1, 0.15) is 0 Å². The summed E-state index contributed by atoms with van der Waals surface area (Å²) in [6.07, 6.45) is 1.43. The van der Waals surface area contributed by atoms with Gasteiger partial charge in [-0.2, -0.15) is 0 Å². The summed E-state index contributed by atoms with van der Waals surface area (Å²) in [7, 11) is 0. The molecule has 0 N–H and O–H groups in total. The second kappa shape index (κ2) is 4.64. The average molecular weight is 298 g/mol. The topological polar surface area (TPSA) is 65.7 Å². The molecule has 0 atom stereocenters. The van der Waals surface area contributed by atoms with Gasteiger partial charge in [0.2, 0.25) is 0 Å². The number of thioether (sulfide) groups is 2. The maximum atomic E-state index is 12.1. The molecule has 2 aliphatic rings. The zero-order valence-corrected chi connectivity index (χ0v) is 11.6. The van der Waals surface area contributed by atoms with E-state index < -0.39 is 17.7 Å². The zero-order valence-electron chi connectivity index (χ0n) is 10.0. The average Bonchev–Trinajstić information content (AvgIpc) is 3.01. The highest BCUT2D eigenvalue weighted by molar-refractivity contribution is 8.25. The van der Waals surface area contributed by atoms with Crippen LogP contribution in [-0.2, 0) is 24.8 Å². The fourth-order valence-corrected chi connectivity index (χ4v) is 4.31. The summed E-state index contributed by atoms with van der Waals surface area (Å²) < 4.78 is 16.3. The van der Waals surface area contributed by atoms with Gasteiger partial charge in [-0.05, 0) is 12.1 Å². The van der Waals surface area contributed by atoms with Crippen LogP contribution in [0.15, 0.2) is 32.6 Å². The number of hydrogen-bond acceptors (Lipinski definition) is 7. The first-order valence-corrected chi connectivity index (χ1v) is 7.58. The molecule has 5 nitrogen and oxygen atoms in total. The Kier molecular flexibility index (Phi) is 3.10. The Morgan fingerprint density at radius 2 is 1.79 bits per heavy atom. The zero-order chi connectivity index (χ0) is 13.5. The van der Waals surface area contributed by atoms with Crippen molar-refractivity contribution in [3.63, 3.8) is 0 Å². The van der Waals surface area contributed by atoms with Gasteiger partial charge in [0.15, 0.2) is 11.3 Å². The number of esters is 2. The minimum atomic E-state index is -1.49. The van der Waals surface area contributed by atoms with Crippen LogP contribution in [0.1, 0.15) is 12.7 Å². The Bertz CT molecular complexity index is 533. The smallest absolute Gasteiger partial charge is 0.350 e. The Morgan fingerprint density at radius 1 is 1.16 bits per heavy atom. The maximum absolute atomic E-state index is 12.1. The van der Waals surface area contributed by atoms with E-state index in [-0.39, 0.29) is 11.3 Å². The summed E-state index contributed by atoms with van der Waals surface area (Å²) in [4.78, 5) is 24.1. The van der Waals surface area contributed by atoms with E-state index in [9.17, 15) is 9.59 Å². The fraction of sp³-hybridized carbons (Fsp3) is 0.333. The van der Waals surface area contributed by atoms with Gasteiger partial charge in [0.05, 0.1) is 10.5 Å². The molecule has 0 unspecified atom stereocenters. The molecule has 0 radical (unpaired) electrons. The number of furan rings is 1. The molecule has 0 spiro atoms. The van der Waals surface area contributed by atoms with Crippen LogP contribution in [0.25, 0.3) is 0 Å². The molecule has 3 rings (SSSR count). The summed E-state index contributed by atoms with van der Waals surface area (Å²) in [5, 5.41) is 0. The number of ether oxygens (including phenoxy) is 2. The van der Waals surface area contributed by atoms with Crippen LogP contribution in [0, 0.1) is 0 Å². The summed E-state index contributed by atoms with van der Waals surface area (Å²) in [6, 6.07) is 3.23. The van der Waals surface area contributed by atoms with Crippen molar-refractivity contribution in [3.05, 3.63) is 34.0 Å². The van der Waals surface area contributed by atoms with Crippen LogP contribution in [0.3, 0.4) is 0 Å². The third-order valence-electron chi connectivity index (χ3n) is 2.71. The molecule has 0 amide bonds. The van der Waals surface area contributed by atoms with Crippen LogP contribution >= 0.6 is 23.5 Å². The van der Waals surface area contributed by atoms with Crippen molar-refractivity contribution in [2.75, 3.05) is 11.5 Å². The predicted octanol–water partition coefficient (Wildman–Crippen LogP) is 2.24. The van der Waals surface area contributed by atoms with E-state index in [1.54, 1.807) is 12.1 Å². The second-order valence-electron chi connectivity index (χ2n) is 4.06. The second-order valence-corrected chi connectivity index (χ2v) is 6.53. The van der Waals surface area contributed by atoms with Gasteiger partial charge >= 0.3 is 17.7 Å². The molecule has 7 heteroatoms. The molecule has 0 bridgehead atoms. The molecule has 19 heavy (non-hydrogen) atoms. The molecule has 1 aromatic rings. The summed E-state index contributed by atoms with van der Waals surface area (Å²) in [5.74, 6) is -0.779. The van der Waals surface area contributed by atoms with E-state index in [1.165, 1.54) is 36.7 Å². The molecule has 0 aliphatic carbocycles. The third kappa shape index (κ3) is 2.17. The Hall–Kier alpha value is -1.34.